The number of fused-ring (bicyclic) bond motifs is 1. The number of aliphatic carboxylic acids is 1. The second-order valence-corrected chi connectivity index (χ2v) is 10.2. The largest absolute Gasteiger partial charge is 0.486 e. The number of carbonyl (C=O) groups is 2. The number of amides is 2. The van der Waals surface area contributed by atoms with Crippen LogP contribution in [-0.2, 0) is 4.79 Å². The number of aromatic nitrogens is 2. The molecule has 3 heterocycles. The van der Waals surface area contributed by atoms with Crippen molar-refractivity contribution in [3.8, 4) is 16.9 Å². The van der Waals surface area contributed by atoms with Crippen LogP contribution < -0.4 is 19.9 Å². The first kappa shape index (κ1) is 25.8. The molecule has 0 spiro atoms. The highest BCUT2D eigenvalue weighted by Gasteiger charge is 2.31. The summed E-state index contributed by atoms with van der Waals surface area (Å²) in [6, 6.07) is 5.70. The molecule has 200 valence electrons. The molecule has 2 N–H and O–H groups in total. The lowest BCUT2D eigenvalue weighted by molar-refractivity contribution is -0.137. The van der Waals surface area contributed by atoms with Crippen molar-refractivity contribution in [1.82, 2.24) is 15.3 Å². The van der Waals surface area contributed by atoms with Gasteiger partial charge in [-0.3, -0.25) is 9.69 Å². The normalized spacial score (nSPS) is 22.5. The topological polar surface area (TPSA) is 108 Å². The van der Waals surface area contributed by atoms with Crippen LogP contribution in [0.1, 0.15) is 46.0 Å². The minimum Gasteiger partial charge on any atom is -0.486 e. The summed E-state index contributed by atoms with van der Waals surface area (Å²) >= 11 is 0. The Morgan fingerprint density at radius 1 is 1.13 bits per heavy atom. The smallest absolute Gasteiger partial charge is 0.326 e. The molecule has 9 heteroatoms. The summed E-state index contributed by atoms with van der Waals surface area (Å²) in [5, 5.41) is 12.2. The highest BCUT2D eigenvalue weighted by Crippen LogP contribution is 2.38. The zero-order chi connectivity index (χ0) is 26.6. The van der Waals surface area contributed by atoms with Gasteiger partial charge in [-0.2, -0.15) is 0 Å². The predicted octanol–water partition coefficient (Wildman–Crippen LogP) is 5.00. The molecule has 0 radical (unpaired) electrons. The van der Waals surface area contributed by atoms with E-state index in [0.29, 0.717) is 30.7 Å². The Morgan fingerprint density at radius 2 is 1.95 bits per heavy atom. The molecule has 1 aliphatic carbocycles. The summed E-state index contributed by atoms with van der Waals surface area (Å²) < 4.78 is 6.26. The van der Waals surface area contributed by atoms with Crippen LogP contribution in [0.3, 0.4) is 0 Å². The summed E-state index contributed by atoms with van der Waals surface area (Å²) in [6.07, 6.45) is 13.3. The van der Waals surface area contributed by atoms with Crippen LogP contribution in [0.25, 0.3) is 11.1 Å². The van der Waals surface area contributed by atoms with E-state index in [-0.39, 0.29) is 24.5 Å². The standard InChI is InChI=1S/C29H35N5O4/c1-3-20-7-5-6-8-24(20)32-29(37)34-18-23(4-2)38-26-14-21(9-10-25(26)34)22-15-30-28(31-16-22)33-12-11-19(17-33)13-27(35)36/h5-6,8-10,14-16,19-20,23H,3-4,7,11-13,17-18H2,1-2H3,(H,32,37)(H,35,36). The van der Waals surface area contributed by atoms with Crippen molar-refractivity contribution in [3.63, 3.8) is 0 Å². The number of rotatable bonds is 7. The molecule has 38 heavy (non-hydrogen) atoms. The number of nitrogens with one attached hydrogen (secondary N) is 1. The first-order chi connectivity index (χ1) is 18.4. The first-order valence-electron chi connectivity index (χ1n) is 13.5. The summed E-state index contributed by atoms with van der Waals surface area (Å²) in [7, 11) is 0. The molecule has 2 aromatic rings. The average molecular weight is 518 g/mol. The van der Waals surface area contributed by atoms with Gasteiger partial charge in [0.2, 0.25) is 5.95 Å². The van der Waals surface area contributed by atoms with Gasteiger partial charge in [0.25, 0.3) is 0 Å². The highest BCUT2D eigenvalue weighted by molar-refractivity contribution is 5.95. The lowest BCUT2D eigenvalue weighted by Crippen LogP contribution is -2.48. The fourth-order valence-corrected chi connectivity index (χ4v) is 5.39. The van der Waals surface area contributed by atoms with Gasteiger partial charge in [0.05, 0.1) is 12.2 Å². The highest BCUT2D eigenvalue weighted by atomic mass is 16.5. The van der Waals surface area contributed by atoms with Crippen molar-refractivity contribution in [2.75, 3.05) is 29.4 Å². The molecule has 2 amide bonds. The zero-order valence-electron chi connectivity index (χ0n) is 22.0. The van der Waals surface area contributed by atoms with Crippen molar-refractivity contribution in [2.45, 2.75) is 52.1 Å². The van der Waals surface area contributed by atoms with Crippen molar-refractivity contribution in [3.05, 3.63) is 54.5 Å². The molecular weight excluding hydrogens is 482 g/mol. The lowest BCUT2D eigenvalue weighted by Gasteiger charge is -2.35. The maximum atomic E-state index is 13.4. The molecule has 3 atom stereocenters. The van der Waals surface area contributed by atoms with Crippen LogP contribution in [0.5, 0.6) is 5.75 Å². The van der Waals surface area contributed by atoms with E-state index in [0.717, 1.165) is 54.7 Å². The van der Waals surface area contributed by atoms with Gasteiger partial charge in [-0.25, -0.2) is 14.8 Å². The molecule has 1 saturated heterocycles. The summed E-state index contributed by atoms with van der Waals surface area (Å²) in [5.74, 6) is 0.958. The van der Waals surface area contributed by atoms with Gasteiger partial charge in [-0.15, -0.1) is 0 Å². The minimum atomic E-state index is -0.766. The molecule has 9 nitrogen and oxygen atoms in total. The number of hydrogen-bond acceptors (Lipinski definition) is 6. The molecule has 3 unspecified atom stereocenters. The molecule has 0 bridgehead atoms. The zero-order valence-corrected chi connectivity index (χ0v) is 22.0. The number of carbonyl (C=O) groups excluding carboxylic acids is 1. The van der Waals surface area contributed by atoms with E-state index in [2.05, 4.69) is 35.2 Å². The van der Waals surface area contributed by atoms with Crippen molar-refractivity contribution >= 4 is 23.6 Å². The maximum absolute atomic E-state index is 13.4. The van der Waals surface area contributed by atoms with Crippen LogP contribution >= 0.6 is 0 Å². The molecule has 0 saturated carbocycles. The van der Waals surface area contributed by atoms with E-state index in [4.69, 9.17) is 9.84 Å². The SMILES string of the molecule is CCC1CN(C(=O)NC2=CC=CCC2CC)c2ccc(-c3cnc(N4CCC(CC(=O)O)C4)nc3)cc2O1. The third-order valence-electron chi connectivity index (χ3n) is 7.65. The second kappa shape index (κ2) is 11.2. The van der Waals surface area contributed by atoms with Crippen molar-refractivity contribution < 1.29 is 19.4 Å². The first-order valence-corrected chi connectivity index (χ1v) is 13.5. The molecule has 1 aromatic carbocycles. The Kier molecular flexibility index (Phi) is 7.62. The number of carboxylic acids is 1. The maximum Gasteiger partial charge on any atom is 0.326 e. The van der Waals surface area contributed by atoms with Crippen LogP contribution in [-0.4, -0.2) is 52.8 Å². The van der Waals surface area contributed by atoms with E-state index in [1.54, 1.807) is 17.3 Å². The number of benzene rings is 1. The monoisotopic (exact) mass is 517 g/mol. The van der Waals surface area contributed by atoms with Gasteiger partial charge in [-0.05, 0) is 55.4 Å². The van der Waals surface area contributed by atoms with Gasteiger partial charge in [0.15, 0.2) is 0 Å². The second-order valence-electron chi connectivity index (χ2n) is 10.2. The molecule has 1 aromatic heterocycles. The van der Waals surface area contributed by atoms with Gasteiger partial charge < -0.3 is 20.1 Å². The number of ether oxygens (including phenoxy) is 1. The summed E-state index contributed by atoms with van der Waals surface area (Å²) in [5.41, 5.74) is 3.46. The van der Waals surface area contributed by atoms with Crippen LogP contribution in [0.2, 0.25) is 0 Å². The summed E-state index contributed by atoms with van der Waals surface area (Å²) in [4.78, 5) is 37.3. The molecular formula is C29H35N5O4. The fraction of sp³-hybridized carbons (Fsp3) is 0.448. The van der Waals surface area contributed by atoms with E-state index in [9.17, 15) is 9.59 Å². The van der Waals surface area contributed by atoms with Crippen molar-refractivity contribution in [2.24, 2.45) is 11.8 Å². The average Bonchev–Trinajstić information content (AvgIpc) is 3.40. The molecule has 5 rings (SSSR count). The van der Waals surface area contributed by atoms with Gasteiger partial charge in [-0.1, -0.05) is 32.1 Å². The number of hydrogen-bond donors (Lipinski definition) is 2. The van der Waals surface area contributed by atoms with Crippen molar-refractivity contribution in [1.29, 1.82) is 0 Å². The quantitative estimate of drug-likeness (QED) is 0.532. The molecule has 3 aliphatic rings. The molecule has 2 aliphatic heterocycles. The van der Waals surface area contributed by atoms with E-state index >= 15 is 0 Å². The number of nitrogens with zero attached hydrogens (tertiary/aromatic N) is 4. The number of anilines is 2. The Balaban J connectivity index is 1.33. The van der Waals surface area contributed by atoms with E-state index in [1.807, 2.05) is 35.3 Å². The Morgan fingerprint density at radius 3 is 2.68 bits per heavy atom. The Bertz CT molecular complexity index is 1240. The predicted molar refractivity (Wildman–Crippen MR) is 146 cm³/mol. The number of allylic oxidation sites excluding steroid dienone is 4. The number of urea groups is 1. The summed E-state index contributed by atoms with van der Waals surface area (Å²) in [6.45, 7) is 6.10. The van der Waals surface area contributed by atoms with E-state index in [1.165, 1.54) is 0 Å². The fourth-order valence-electron chi connectivity index (χ4n) is 5.39. The lowest BCUT2D eigenvalue weighted by atomic mass is 9.94. The van der Waals surface area contributed by atoms with Crippen LogP contribution in [0.15, 0.2) is 54.5 Å². The van der Waals surface area contributed by atoms with E-state index < -0.39 is 5.97 Å². The third kappa shape index (κ3) is 5.51. The number of carboxylic acid groups (broad SMARTS) is 1. The Labute approximate surface area is 223 Å². The minimum absolute atomic E-state index is 0.0988. The van der Waals surface area contributed by atoms with Gasteiger partial charge in [0.1, 0.15) is 11.9 Å². The molecule has 1 fully saturated rings. The van der Waals surface area contributed by atoms with Gasteiger partial charge >= 0.3 is 12.0 Å². The van der Waals surface area contributed by atoms with Crippen LogP contribution in [0, 0.1) is 11.8 Å². The Hall–Kier alpha value is -3.88. The third-order valence-corrected chi connectivity index (χ3v) is 7.65. The van der Waals surface area contributed by atoms with Gasteiger partial charge in [0, 0.05) is 49.1 Å². The van der Waals surface area contributed by atoms with Crippen LogP contribution in [0.4, 0.5) is 16.4 Å².